The van der Waals surface area contributed by atoms with E-state index in [0.717, 1.165) is 0 Å². The zero-order valence-corrected chi connectivity index (χ0v) is 7.56. The minimum atomic E-state index is 0.183. The second-order valence-electron chi connectivity index (χ2n) is 2.11. The number of benzene rings is 1. The van der Waals surface area contributed by atoms with Crippen LogP contribution in [0.3, 0.4) is 0 Å². The highest BCUT2D eigenvalue weighted by molar-refractivity contribution is 6.35. The van der Waals surface area contributed by atoms with Gasteiger partial charge in [-0.25, -0.2) is 9.79 Å². The van der Waals surface area contributed by atoms with E-state index in [4.69, 9.17) is 23.2 Å². The standard InChI is InChI=1S/C8H5Cl2NO/c9-7-2-1-3-8(10)6(7)4-11-5-12/h1-3H,4H2. The van der Waals surface area contributed by atoms with Gasteiger partial charge in [-0.05, 0) is 12.1 Å². The van der Waals surface area contributed by atoms with E-state index in [2.05, 4.69) is 4.99 Å². The van der Waals surface area contributed by atoms with Crippen LogP contribution in [0, 0.1) is 0 Å². The van der Waals surface area contributed by atoms with Crippen molar-refractivity contribution >= 4 is 29.3 Å². The van der Waals surface area contributed by atoms with Gasteiger partial charge in [0.2, 0.25) is 6.08 Å². The lowest BCUT2D eigenvalue weighted by atomic mass is 10.2. The van der Waals surface area contributed by atoms with Gasteiger partial charge in [0.25, 0.3) is 0 Å². The van der Waals surface area contributed by atoms with Crippen molar-refractivity contribution in [3.05, 3.63) is 33.8 Å². The lowest BCUT2D eigenvalue weighted by molar-refractivity contribution is 0.563. The van der Waals surface area contributed by atoms with Crippen molar-refractivity contribution in [3.8, 4) is 0 Å². The van der Waals surface area contributed by atoms with Crippen LogP contribution in [0.1, 0.15) is 5.56 Å². The molecule has 0 aliphatic rings. The maximum absolute atomic E-state index is 9.82. The summed E-state index contributed by atoms with van der Waals surface area (Å²) in [5.74, 6) is 0. The Bertz CT molecular complexity index is 312. The predicted octanol–water partition coefficient (Wildman–Crippen LogP) is 2.83. The first-order valence-electron chi connectivity index (χ1n) is 3.22. The van der Waals surface area contributed by atoms with E-state index >= 15 is 0 Å². The van der Waals surface area contributed by atoms with Gasteiger partial charge >= 0.3 is 0 Å². The van der Waals surface area contributed by atoms with Crippen LogP contribution in [0.2, 0.25) is 10.0 Å². The van der Waals surface area contributed by atoms with Gasteiger partial charge in [-0.1, -0.05) is 29.3 Å². The van der Waals surface area contributed by atoms with Gasteiger partial charge in [0.1, 0.15) is 0 Å². The van der Waals surface area contributed by atoms with E-state index in [1.54, 1.807) is 18.2 Å². The lowest BCUT2D eigenvalue weighted by Gasteiger charge is -2.00. The summed E-state index contributed by atoms with van der Waals surface area (Å²) < 4.78 is 0. The number of halogens is 2. The first kappa shape index (κ1) is 9.27. The van der Waals surface area contributed by atoms with Crippen LogP contribution in [-0.2, 0) is 11.3 Å². The highest BCUT2D eigenvalue weighted by Gasteiger charge is 2.02. The molecule has 62 valence electrons. The summed E-state index contributed by atoms with van der Waals surface area (Å²) in [6, 6.07) is 5.13. The fourth-order valence-electron chi connectivity index (χ4n) is 0.795. The first-order chi connectivity index (χ1) is 5.75. The molecule has 0 saturated heterocycles. The molecule has 0 radical (unpaired) electrons. The van der Waals surface area contributed by atoms with Crippen molar-refractivity contribution in [2.45, 2.75) is 6.54 Å². The summed E-state index contributed by atoms with van der Waals surface area (Å²) in [6.07, 6.45) is 1.43. The topological polar surface area (TPSA) is 29.4 Å². The number of hydrogen-bond donors (Lipinski definition) is 0. The molecule has 12 heavy (non-hydrogen) atoms. The molecular weight excluding hydrogens is 197 g/mol. The molecule has 0 aliphatic heterocycles. The van der Waals surface area contributed by atoms with E-state index in [1.807, 2.05) is 0 Å². The number of rotatable bonds is 2. The SMILES string of the molecule is O=C=NCc1c(Cl)cccc1Cl. The predicted molar refractivity (Wildman–Crippen MR) is 48.3 cm³/mol. The van der Waals surface area contributed by atoms with Crippen LogP contribution in [0.25, 0.3) is 0 Å². The van der Waals surface area contributed by atoms with Crippen LogP contribution in [0.5, 0.6) is 0 Å². The smallest absolute Gasteiger partial charge is 0.211 e. The first-order valence-corrected chi connectivity index (χ1v) is 3.98. The van der Waals surface area contributed by atoms with E-state index in [0.29, 0.717) is 15.6 Å². The van der Waals surface area contributed by atoms with Crippen molar-refractivity contribution in [2.75, 3.05) is 0 Å². The van der Waals surface area contributed by atoms with E-state index in [-0.39, 0.29) is 6.54 Å². The Labute approximate surface area is 79.8 Å². The average molecular weight is 202 g/mol. The third-order valence-corrected chi connectivity index (χ3v) is 2.07. The van der Waals surface area contributed by atoms with Crippen molar-refractivity contribution in [3.63, 3.8) is 0 Å². The van der Waals surface area contributed by atoms with Crippen molar-refractivity contribution in [2.24, 2.45) is 4.99 Å². The Morgan fingerprint density at radius 2 is 1.92 bits per heavy atom. The molecule has 1 aromatic carbocycles. The van der Waals surface area contributed by atoms with Crippen molar-refractivity contribution < 1.29 is 4.79 Å². The fraction of sp³-hybridized carbons (Fsp3) is 0.125. The summed E-state index contributed by atoms with van der Waals surface area (Å²) in [7, 11) is 0. The zero-order chi connectivity index (χ0) is 8.97. The third kappa shape index (κ3) is 2.08. The molecule has 0 spiro atoms. The van der Waals surface area contributed by atoms with E-state index < -0.39 is 0 Å². The molecule has 0 amide bonds. The fourth-order valence-corrected chi connectivity index (χ4v) is 1.31. The van der Waals surface area contributed by atoms with Crippen LogP contribution >= 0.6 is 23.2 Å². The molecule has 1 aromatic rings. The number of nitrogens with zero attached hydrogens (tertiary/aromatic N) is 1. The minimum Gasteiger partial charge on any atom is -0.211 e. The van der Waals surface area contributed by atoms with Crippen LogP contribution in [-0.4, -0.2) is 6.08 Å². The van der Waals surface area contributed by atoms with Gasteiger partial charge in [0.05, 0.1) is 6.54 Å². The molecule has 0 aromatic heterocycles. The van der Waals surface area contributed by atoms with E-state index in [9.17, 15) is 4.79 Å². The average Bonchev–Trinajstić information content (AvgIpc) is 2.04. The molecular formula is C8H5Cl2NO. The molecule has 0 saturated carbocycles. The Balaban J connectivity index is 3.03. The Morgan fingerprint density at radius 3 is 2.42 bits per heavy atom. The molecule has 0 unspecified atom stereocenters. The maximum atomic E-state index is 9.82. The van der Waals surface area contributed by atoms with Crippen LogP contribution < -0.4 is 0 Å². The molecule has 0 N–H and O–H groups in total. The molecule has 0 atom stereocenters. The molecule has 0 aliphatic carbocycles. The summed E-state index contributed by atoms with van der Waals surface area (Å²) in [5, 5.41) is 1.03. The third-order valence-electron chi connectivity index (χ3n) is 1.36. The van der Waals surface area contributed by atoms with Crippen LogP contribution in [0.15, 0.2) is 23.2 Å². The molecule has 0 heterocycles. The quantitative estimate of drug-likeness (QED) is 0.535. The lowest BCUT2D eigenvalue weighted by Crippen LogP contribution is -1.84. The minimum absolute atomic E-state index is 0.183. The maximum Gasteiger partial charge on any atom is 0.235 e. The van der Waals surface area contributed by atoms with E-state index in [1.165, 1.54) is 6.08 Å². The summed E-state index contributed by atoms with van der Waals surface area (Å²) in [6.45, 7) is 0.183. The second-order valence-corrected chi connectivity index (χ2v) is 2.92. The number of isocyanates is 1. The molecule has 4 heteroatoms. The molecule has 0 fully saturated rings. The molecule has 0 bridgehead atoms. The normalized spacial score (nSPS) is 9.17. The zero-order valence-electron chi connectivity index (χ0n) is 6.05. The van der Waals surface area contributed by atoms with Gasteiger partial charge in [-0.3, -0.25) is 0 Å². The van der Waals surface area contributed by atoms with Crippen LogP contribution in [0.4, 0.5) is 0 Å². The van der Waals surface area contributed by atoms with Crippen molar-refractivity contribution in [1.82, 2.24) is 0 Å². The molecule has 1 rings (SSSR count). The summed E-state index contributed by atoms with van der Waals surface area (Å²) >= 11 is 11.6. The van der Waals surface area contributed by atoms with Crippen molar-refractivity contribution in [1.29, 1.82) is 0 Å². The van der Waals surface area contributed by atoms with Gasteiger partial charge in [0, 0.05) is 15.6 Å². The number of carbonyl (C=O) groups excluding carboxylic acids is 1. The monoisotopic (exact) mass is 201 g/mol. The molecule has 2 nitrogen and oxygen atoms in total. The Hall–Kier alpha value is -0.820. The second kappa shape index (κ2) is 4.27. The number of hydrogen-bond acceptors (Lipinski definition) is 2. The highest BCUT2D eigenvalue weighted by atomic mass is 35.5. The van der Waals surface area contributed by atoms with Gasteiger partial charge < -0.3 is 0 Å². The Kier molecular flexibility index (Phi) is 3.30. The van der Waals surface area contributed by atoms with Gasteiger partial charge in [-0.15, -0.1) is 0 Å². The van der Waals surface area contributed by atoms with Gasteiger partial charge in [-0.2, -0.15) is 0 Å². The largest absolute Gasteiger partial charge is 0.235 e. The summed E-state index contributed by atoms with van der Waals surface area (Å²) in [4.78, 5) is 13.2. The Morgan fingerprint density at radius 1 is 1.33 bits per heavy atom. The highest BCUT2D eigenvalue weighted by Crippen LogP contribution is 2.24. The number of aliphatic imine (C=N–C) groups is 1. The van der Waals surface area contributed by atoms with Gasteiger partial charge in [0.15, 0.2) is 0 Å². The summed E-state index contributed by atoms with van der Waals surface area (Å²) in [5.41, 5.74) is 0.657.